The second-order valence-corrected chi connectivity index (χ2v) is 19.8. The summed E-state index contributed by atoms with van der Waals surface area (Å²) < 4.78 is 62.5. The summed E-state index contributed by atoms with van der Waals surface area (Å²) in [4.78, 5) is 27.9. The highest BCUT2D eigenvalue weighted by atomic mass is 32.2. The average molecular weight is 909 g/mol. The van der Waals surface area contributed by atoms with Crippen LogP contribution in [0.25, 0.3) is 44.6 Å². The van der Waals surface area contributed by atoms with Crippen LogP contribution in [0.15, 0.2) is 156 Å². The van der Waals surface area contributed by atoms with Gasteiger partial charge in [-0.05, 0) is 85.3 Å². The summed E-state index contributed by atoms with van der Waals surface area (Å²) in [6, 6.07) is 40.2. The monoisotopic (exact) mass is 908 g/mol. The van der Waals surface area contributed by atoms with Gasteiger partial charge in [0.1, 0.15) is 23.7 Å². The van der Waals surface area contributed by atoms with Crippen LogP contribution in [0.5, 0.6) is 0 Å². The minimum Gasteiger partial charge on any atom is -0.381 e. The van der Waals surface area contributed by atoms with Crippen LogP contribution in [-0.2, 0) is 37.9 Å². The minimum atomic E-state index is -3.68. The van der Waals surface area contributed by atoms with E-state index in [1.165, 1.54) is 12.8 Å². The largest absolute Gasteiger partial charge is 0.381 e. The van der Waals surface area contributed by atoms with Crippen LogP contribution in [0.3, 0.4) is 0 Å². The molecule has 65 heavy (non-hydrogen) atoms. The highest BCUT2D eigenvalue weighted by Crippen LogP contribution is 2.36. The molecule has 1 atom stereocenters. The maximum atomic E-state index is 12.9. The van der Waals surface area contributed by atoms with E-state index in [0.29, 0.717) is 29.5 Å². The van der Waals surface area contributed by atoms with Gasteiger partial charge in [0.2, 0.25) is 20.0 Å². The summed E-state index contributed by atoms with van der Waals surface area (Å²) in [6.45, 7) is 1.87. The molecule has 334 valence electrons. The quantitative estimate of drug-likeness (QED) is 0.119. The van der Waals surface area contributed by atoms with Crippen molar-refractivity contribution in [2.45, 2.75) is 73.2 Å². The fourth-order valence-electron chi connectivity index (χ4n) is 8.35. The van der Waals surface area contributed by atoms with Gasteiger partial charge in [-0.1, -0.05) is 97.8 Å². The molecule has 4 aromatic heterocycles. The zero-order chi connectivity index (χ0) is 44.6. The highest BCUT2D eigenvalue weighted by molar-refractivity contribution is 7.89. The number of sulfonamides is 2. The van der Waals surface area contributed by atoms with Gasteiger partial charge in [-0.2, -0.15) is 0 Å². The van der Waals surface area contributed by atoms with Gasteiger partial charge >= 0.3 is 0 Å². The molecular formula is C50H52N8O5S2. The van der Waals surface area contributed by atoms with Crippen molar-refractivity contribution >= 4 is 42.1 Å². The molecule has 2 aliphatic rings. The number of nitrogens with zero attached hydrogens (tertiary/aromatic N) is 6. The van der Waals surface area contributed by atoms with E-state index in [1.807, 2.05) is 97.1 Å². The standard InChI is InChI=1S/C25H24N4O3S.C25H24N4O2S.2H2/c30-33(31,28-15-18-6-2-1-3-7-18)21-10-4-8-19(14-21)22-11-12-23-25(29-22)24(27-17-26-23)20-9-5-13-32-16-20;30-32(31,28-16-18-7-2-1-3-8-18)21-12-6-11-20(15-21)22-13-14-23-25(29-22)24(27-17-26-23)19-9-4-5-10-19;;/h1-4,6-8,10-12,14,17,20,28H,5,9,13,15-16H2;1-3,6-8,11-15,17,19,28H,4-5,9-10,16H2;2*1H. The van der Waals surface area contributed by atoms with Crippen molar-refractivity contribution in [3.8, 4) is 22.5 Å². The van der Waals surface area contributed by atoms with Crippen LogP contribution >= 0.6 is 0 Å². The number of aromatic nitrogens is 6. The molecule has 0 radical (unpaired) electrons. The van der Waals surface area contributed by atoms with E-state index in [4.69, 9.17) is 14.7 Å². The van der Waals surface area contributed by atoms with Crippen molar-refractivity contribution in [3.05, 3.63) is 169 Å². The molecule has 1 aliphatic heterocycles. The Hall–Kier alpha value is -6.36. The van der Waals surface area contributed by atoms with E-state index in [1.54, 1.807) is 49.1 Å². The van der Waals surface area contributed by atoms with E-state index in [0.717, 1.165) is 82.4 Å². The maximum absolute atomic E-state index is 12.9. The zero-order valence-electron chi connectivity index (χ0n) is 35.6. The fourth-order valence-corrected chi connectivity index (χ4v) is 10.5. The fraction of sp³-hybridized carbons (Fsp3) is 0.240. The predicted octanol–water partition coefficient (Wildman–Crippen LogP) is 9.38. The van der Waals surface area contributed by atoms with Crippen LogP contribution in [-0.4, -0.2) is 60.0 Å². The molecule has 2 N–H and O–H groups in total. The second kappa shape index (κ2) is 19.8. The lowest BCUT2D eigenvalue weighted by Gasteiger charge is -2.22. The second-order valence-electron chi connectivity index (χ2n) is 16.2. The summed E-state index contributed by atoms with van der Waals surface area (Å²) in [5.41, 5.74) is 9.68. The lowest BCUT2D eigenvalue weighted by molar-refractivity contribution is 0.0796. The lowest BCUT2D eigenvalue weighted by Crippen LogP contribution is -2.23. The van der Waals surface area contributed by atoms with E-state index < -0.39 is 20.0 Å². The maximum Gasteiger partial charge on any atom is 0.240 e. The molecule has 5 heterocycles. The first-order valence-electron chi connectivity index (χ1n) is 21.8. The average Bonchev–Trinajstić information content (AvgIpc) is 3.91. The number of hydrogen-bond donors (Lipinski definition) is 2. The number of benzene rings is 4. The molecule has 13 nitrogen and oxygen atoms in total. The van der Waals surface area contributed by atoms with Gasteiger partial charge in [-0.25, -0.2) is 56.2 Å². The summed E-state index contributed by atoms with van der Waals surface area (Å²) in [7, 11) is -7.33. The van der Waals surface area contributed by atoms with Gasteiger partial charge in [-0.3, -0.25) is 0 Å². The highest BCUT2D eigenvalue weighted by Gasteiger charge is 2.24. The number of nitrogens with one attached hydrogen (secondary N) is 2. The molecule has 0 bridgehead atoms. The Bertz CT molecular complexity index is 3160. The molecule has 4 aromatic carbocycles. The molecular weight excluding hydrogens is 857 g/mol. The summed E-state index contributed by atoms with van der Waals surface area (Å²) in [5.74, 6) is 0.595. The Balaban J connectivity index is 0.000000193. The SMILES string of the molecule is O=S(=O)(NCc1ccccc1)c1cccc(-c2ccc3ncnc(C4CCCC4)c3n2)c1.O=S(=O)(NCc1ccccc1)c1cccc(-c2ccc3ncnc(C4CCCOC4)c3n2)c1.[HH].[HH]. The van der Waals surface area contributed by atoms with Crippen molar-refractivity contribution in [2.24, 2.45) is 0 Å². The van der Waals surface area contributed by atoms with Gasteiger partial charge in [0.05, 0.1) is 50.2 Å². The first kappa shape index (κ1) is 43.9. The van der Waals surface area contributed by atoms with Crippen molar-refractivity contribution < 1.29 is 24.4 Å². The molecule has 0 amide bonds. The Morgan fingerprint density at radius 3 is 1.48 bits per heavy atom. The van der Waals surface area contributed by atoms with Gasteiger partial charge in [0.25, 0.3) is 0 Å². The summed E-state index contributed by atoms with van der Waals surface area (Å²) >= 11 is 0. The van der Waals surface area contributed by atoms with Gasteiger partial charge < -0.3 is 4.74 Å². The zero-order valence-corrected chi connectivity index (χ0v) is 37.3. The smallest absolute Gasteiger partial charge is 0.240 e. The van der Waals surface area contributed by atoms with E-state index in [9.17, 15) is 16.8 Å². The Morgan fingerprint density at radius 2 is 1.00 bits per heavy atom. The number of pyridine rings is 2. The minimum absolute atomic E-state index is 0. The molecule has 8 aromatic rings. The van der Waals surface area contributed by atoms with Crippen LogP contribution in [0, 0.1) is 0 Å². The third-order valence-corrected chi connectivity index (χ3v) is 14.6. The van der Waals surface area contributed by atoms with E-state index >= 15 is 0 Å². The van der Waals surface area contributed by atoms with Crippen LogP contribution in [0.1, 0.15) is 75.7 Å². The Morgan fingerprint density at radius 1 is 0.523 bits per heavy atom. The van der Waals surface area contributed by atoms with Crippen LogP contribution in [0.2, 0.25) is 0 Å². The predicted molar refractivity (Wildman–Crippen MR) is 255 cm³/mol. The number of rotatable bonds is 12. The van der Waals surface area contributed by atoms with Crippen molar-refractivity contribution in [1.29, 1.82) is 0 Å². The van der Waals surface area contributed by atoms with Gasteiger partial charge in [0.15, 0.2) is 0 Å². The Kier molecular flexibility index (Phi) is 13.4. The molecule has 1 saturated heterocycles. The van der Waals surface area contributed by atoms with Crippen molar-refractivity contribution in [2.75, 3.05) is 13.2 Å². The number of hydrogen-bond acceptors (Lipinski definition) is 11. The lowest BCUT2D eigenvalue weighted by atomic mass is 9.97. The van der Waals surface area contributed by atoms with Crippen molar-refractivity contribution in [1.82, 2.24) is 39.3 Å². The Labute approximate surface area is 381 Å². The van der Waals surface area contributed by atoms with Gasteiger partial charge in [-0.15, -0.1) is 0 Å². The first-order valence-corrected chi connectivity index (χ1v) is 24.8. The molecule has 2 fully saturated rings. The van der Waals surface area contributed by atoms with Crippen LogP contribution in [0.4, 0.5) is 0 Å². The molecule has 1 saturated carbocycles. The number of fused-ring (bicyclic) bond motifs is 2. The summed E-state index contributed by atoms with van der Waals surface area (Å²) in [5, 5.41) is 0. The number of ether oxygens (including phenoxy) is 1. The third-order valence-electron chi connectivity index (χ3n) is 11.8. The molecule has 1 unspecified atom stereocenters. The molecule has 15 heteroatoms. The van der Waals surface area contributed by atoms with Gasteiger partial charge in [0, 0.05) is 45.5 Å². The molecule has 10 rings (SSSR count). The van der Waals surface area contributed by atoms with Crippen LogP contribution < -0.4 is 9.44 Å². The molecule has 1 aliphatic carbocycles. The topological polar surface area (TPSA) is 179 Å². The third kappa shape index (κ3) is 10.5. The first-order chi connectivity index (χ1) is 31.7. The summed E-state index contributed by atoms with van der Waals surface area (Å²) in [6.07, 6.45) is 9.85. The van der Waals surface area contributed by atoms with E-state index in [-0.39, 0.29) is 31.7 Å². The normalized spacial score (nSPS) is 15.7. The van der Waals surface area contributed by atoms with E-state index in [2.05, 4.69) is 29.4 Å². The van der Waals surface area contributed by atoms with Crippen molar-refractivity contribution in [3.63, 3.8) is 0 Å². The molecule has 0 spiro atoms.